The smallest absolute Gasteiger partial charge is 0.372 e. The van der Waals surface area contributed by atoms with Crippen molar-refractivity contribution in [2.75, 3.05) is 0 Å². The molecule has 0 amide bonds. The fraction of sp³-hybridized carbons (Fsp3) is 0.500. The maximum absolute atomic E-state index is 12.6. The highest BCUT2D eigenvalue weighted by Crippen LogP contribution is 2.21. The quantitative estimate of drug-likeness (QED) is 0.844. The minimum atomic E-state index is -3.73. The Morgan fingerprint density at radius 1 is 1.12 bits per heavy atom. The molecule has 1 N–H and O–H groups in total. The Kier molecular flexibility index (Phi) is 4.60. The van der Waals surface area contributed by atoms with Gasteiger partial charge in [0.2, 0.25) is 10.0 Å². The second-order valence-corrected chi connectivity index (χ2v) is 7.92. The Morgan fingerprint density at radius 2 is 1.79 bits per heavy atom. The Morgan fingerprint density at radius 3 is 2.46 bits per heavy atom. The zero-order chi connectivity index (χ0) is 17.3. The third-order valence-corrected chi connectivity index (χ3v) is 6.01. The first-order valence-corrected chi connectivity index (χ1v) is 9.53. The van der Waals surface area contributed by atoms with Gasteiger partial charge in [0.15, 0.2) is 0 Å². The van der Waals surface area contributed by atoms with Gasteiger partial charge in [0.1, 0.15) is 0 Å². The van der Waals surface area contributed by atoms with E-state index in [0.29, 0.717) is 5.52 Å². The summed E-state index contributed by atoms with van der Waals surface area (Å²) in [6.45, 7) is 0. The molecule has 0 spiro atoms. The largest absolute Gasteiger partial charge is 0.422 e. The van der Waals surface area contributed by atoms with E-state index in [4.69, 9.17) is 0 Å². The number of nitrogens with one attached hydrogen (secondary N) is 1. The van der Waals surface area contributed by atoms with Crippen LogP contribution in [0.25, 0.3) is 10.9 Å². The van der Waals surface area contributed by atoms with Crippen molar-refractivity contribution in [1.82, 2.24) is 9.29 Å². The molecule has 3 rings (SSSR count). The molecule has 0 saturated heterocycles. The average molecular weight is 352 g/mol. The molecule has 8 heteroatoms. The van der Waals surface area contributed by atoms with Gasteiger partial charge in [-0.25, -0.2) is 22.7 Å². The molecular formula is C16H20N2O5S. The summed E-state index contributed by atoms with van der Waals surface area (Å²) in [6.07, 6.45) is 5.92. The van der Waals surface area contributed by atoms with Crippen molar-refractivity contribution in [3.8, 4) is 0 Å². The summed E-state index contributed by atoms with van der Waals surface area (Å²) in [5.74, 6) is -0.778. The van der Waals surface area contributed by atoms with Crippen LogP contribution in [0.2, 0.25) is 0 Å². The summed E-state index contributed by atoms with van der Waals surface area (Å²) in [5.41, 5.74) is -0.496. The summed E-state index contributed by atoms with van der Waals surface area (Å²) in [5, 5.41) is 0.0702. The van der Waals surface area contributed by atoms with Crippen LogP contribution in [0.3, 0.4) is 0 Å². The number of benzene rings is 1. The number of aryl methyl sites for hydroxylation is 1. The van der Waals surface area contributed by atoms with Gasteiger partial charge in [0.25, 0.3) is 0 Å². The van der Waals surface area contributed by atoms with Crippen molar-refractivity contribution in [1.29, 1.82) is 0 Å². The van der Waals surface area contributed by atoms with E-state index in [-0.39, 0.29) is 16.3 Å². The highest BCUT2D eigenvalue weighted by molar-refractivity contribution is 7.89. The fourth-order valence-corrected chi connectivity index (χ4v) is 4.45. The first kappa shape index (κ1) is 16.9. The Labute approximate surface area is 139 Å². The Bertz CT molecular complexity index is 966. The lowest BCUT2D eigenvalue weighted by atomic mass is 10.1. The van der Waals surface area contributed by atoms with E-state index in [1.165, 1.54) is 29.8 Å². The van der Waals surface area contributed by atoms with Crippen molar-refractivity contribution in [2.45, 2.75) is 49.5 Å². The van der Waals surface area contributed by atoms with E-state index < -0.39 is 21.4 Å². The lowest BCUT2D eigenvalue weighted by Crippen LogP contribution is -2.34. The van der Waals surface area contributed by atoms with Gasteiger partial charge in [-0.15, -0.1) is 0 Å². The molecule has 1 aromatic carbocycles. The monoisotopic (exact) mass is 352 g/mol. The minimum absolute atomic E-state index is 0.00481. The molecule has 1 aliphatic carbocycles. The molecule has 0 radical (unpaired) electrons. The molecule has 1 heterocycles. The molecule has 24 heavy (non-hydrogen) atoms. The fourth-order valence-electron chi connectivity index (χ4n) is 3.12. The van der Waals surface area contributed by atoms with Gasteiger partial charge in [-0.1, -0.05) is 25.7 Å². The van der Waals surface area contributed by atoms with Crippen LogP contribution in [0.1, 0.15) is 38.5 Å². The molecule has 1 fully saturated rings. The highest BCUT2D eigenvalue weighted by Gasteiger charge is 2.22. The van der Waals surface area contributed by atoms with E-state index >= 15 is 0 Å². The number of aromatic nitrogens is 1. The van der Waals surface area contributed by atoms with Crippen LogP contribution in [0.15, 0.2) is 37.1 Å². The van der Waals surface area contributed by atoms with Crippen molar-refractivity contribution in [3.63, 3.8) is 0 Å². The lowest BCUT2D eigenvalue weighted by Gasteiger charge is -2.16. The van der Waals surface area contributed by atoms with Gasteiger partial charge in [-0.3, -0.25) is 4.57 Å². The van der Waals surface area contributed by atoms with E-state index in [1.807, 2.05) is 0 Å². The first-order chi connectivity index (χ1) is 11.4. The number of hydrogen-bond donors (Lipinski definition) is 1. The molecule has 1 aromatic heterocycles. The van der Waals surface area contributed by atoms with Gasteiger partial charge in [0.05, 0.1) is 15.8 Å². The first-order valence-electron chi connectivity index (χ1n) is 8.05. The standard InChI is InChI=1S/C16H20N2O5S/c1-18-14-9-8-12(10-13(14)15(19)23-16(18)20)24(21,22)17-11-6-4-2-3-5-7-11/h8-11,17H,2-7H2,1H3. The van der Waals surface area contributed by atoms with Gasteiger partial charge >= 0.3 is 11.4 Å². The molecule has 7 nitrogen and oxygen atoms in total. The van der Waals surface area contributed by atoms with Crippen LogP contribution in [-0.2, 0) is 17.1 Å². The van der Waals surface area contributed by atoms with Crippen LogP contribution in [0, 0.1) is 0 Å². The summed E-state index contributed by atoms with van der Waals surface area (Å²) < 4.78 is 33.7. The normalized spacial score (nSPS) is 17.0. The van der Waals surface area contributed by atoms with E-state index in [2.05, 4.69) is 9.14 Å². The minimum Gasteiger partial charge on any atom is -0.372 e. The number of fused-ring (bicyclic) bond motifs is 1. The van der Waals surface area contributed by atoms with Crippen molar-refractivity contribution < 1.29 is 12.8 Å². The van der Waals surface area contributed by atoms with Crippen LogP contribution < -0.4 is 16.1 Å². The van der Waals surface area contributed by atoms with Crippen molar-refractivity contribution in [2.24, 2.45) is 7.05 Å². The second-order valence-electron chi connectivity index (χ2n) is 6.20. The molecule has 1 aliphatic rings. The third-order valence-electron chi connectivity index (χ3n) is 4.49. The third kappa shape index (κ3) is 3.29. The molecule has 1 saturated carbocycles. The summed E-state index contributed by atoms with van der Waals surface area (Å²) in [4.78, 5) is 23.4. The SMILES string of the molecule is Cn1c(=O)oc(=O)c2cc(S(=O)(=O)NC3CCCCCC3)ccc21. The van der Waals surface area contributed by atoms with Gasteiger partial charge in [-0.05, 0) is 31.0 Å². The summed E-state index contributed by atoms with van der Waals surface area (Å²) in [7, 11) is -2.26. The summed E-state index contributed by atoms with van der Waals surface area (Å²) in [6, 6.07) is 4.04. The summed E-state index contributed by atoms with van der Waals surface area (Å²) >= 11 is 0. The molecule has 0 atom stereocenters. The van der Waals surface area contributed by atoms with Gasteiger partial charge in [0, 0.05) is 13.1 Å². The second kappa shape index (κ2) is 6.52. The number of hydrogen-bond acceptors (Lipinski definition) is 5. The Hall–Kier alpha value is -1.93. The van der Waals surface area contributed by atoms with E-state index in [0.717, 1.165) is 38.5 Å². The molecular weight excluding hydrogens is 332 g/mol. The van der Waals surface area contributed by atoms with Crippen LogP contribution in [0.4, 0.5) is 0 Å². The lowest BCUT2D eigenvalue weighted by molar-refractivity contribution is 0.432. The zero-order valence-electron chi connectivity index (χ0n) is 13.4. The number of nitrogens with zero attached hydrogens (tertiary/aromatic N) is 1. The molecule has 0 bridgehead atoms. The molecule has 0 aliphatic heterocycles. The van der Waals surface area contributed by atoms with Crippen LogP contribution >= 0.6 is 0 Å². The van der Waals surface area contributed by atoms with Crippen LogP contribution in [0.5, 0.6) is 0 Å². The predicted octanol–water partition coefficient (Wildman–Crippen LogP) is 1.49. The maximum atomic E-state index is 12.6. The average Bonchev–Trinajstić information content (AvgIpc) is 2.80. The predicted molar refractivity (Wildman–Crippen MR) is 89.5 cm³/mol. The van der Waals surface area contributed by atoms with Crippen molar-refractivity contribution in [3.05, 3.63) is 39.2 Å². The highest BCUT2D eigenvalue weighted by atomic mass is 32.2. The van der Waals surface area contributed by atoms with Gasteiger partial charge in [-0.2, -0.15) is 0 Å². The Balaban J connectivity index is 1.99. The molecule has 0 unspecified atom stereocenters. The van der Waals surface area contributed by atoms with E-state index in [1.54, 1.807) is 0 Å². The van der Waals surface area contributed by atoms with Gasteiger partial charge < -0.3 is 4.42 Å². The van der Waals surface area contributed by atoms with E-state index in [9.17, 15) is 18.0 Å². The molecule has 2 aromatic rings. The molecule has 130 valence electrons. The maximum Gasteiger partial charge on any atom is 0.422 e. The number of rotatable bonds is 3. The zero-order valence-corrected chi connectivity index (χ0v) is 14.3. The number of sulfonamides is 1. The van der Waals surface area contributed by atoms with Crippen molar-refractivity contribution >= 4 is 20.9 Å². The topological polar surface area (TPSA) is 98.4 Å². The van der Waals surface area contributed by atoms with Crippen LogP contribution in [-0.4, -0.2) is 19.0 Å².